The fourth-order valence-electron chi connectivity index (χ4n) is 3.43. The zero-order valence-corrected chi connectivity index (χ0v) is 16.4. The number of ether oxygens (including phenoxy) is 1. The summed E-state index contributed by atoms with van der Waals surface area (Å²) in [7, 11) is 1.35. The summed E-state index contributed by atoms with van der Waals surface area (Å²) in [6.45, 7) is 0.859. The highest BCUT2D eigenvalue weighted by molar-refractivity contribution is 6.30. The molecule has 0 fully saturated rings. The number of nitrogens with one attached hydrogen (secondary N) is 1. The molecule has 4 rings (SSSR count). The lowest BCUT2D eigenvalue weighted by atomic mass is 10.0. The Labute approximate surface area is 170 Å². The fourth-order valence-corrected chi connectivity index (χ4v) is 3.56. The van der Waals surface area contributed by atoms with Crippen molar-refractivity contribution in [3.8, 4) is 17.1 Å². The molecule has 0 atom stereocenters. The van der Waals surface area contributed by atoms with Crippen LogP contribution in [0.4, 0.5) is 8.78 Å². The minimum absolute atomic E-state index is 0.0450. The predicted octanol–water partition coefficient (Wildman–Crippen LogP) is 3.94. The van der Waals surface area contributed by atoms with Crippen molar-refractivity contribution in [1.29, 1.82) is 0 Å². The second-order valence-electron chi connectivity index (χ2n) is 6.88. The van der Waals surface area contributed by atoms with Gasteiger partial charge in [-0.3, -0.25) is 9.69 Å². The Morgan fingerprint density at radius 3 is 2.55 bits per heavy atom. The maximum Gasteiger partial charge on any atom is 0.255 e. The molecule has 0 spiro atoms. The third kappa shape index (κ3) is 4.02. The third-order valence-corrected chi connectivity index (χ3v) is 5.25. The number of fused-ring (bicyclic) bond motifs is 1. The van der Waals surface area contributed by atoms with E-state index in [1.54, 1.807) is 24.3 Å². The van der Waals surface area contributed by atoms with Gasteiger partial charge in [-0.25, -0.2) is 13.8 Å². The van der Waals surface area contributed by atoms with Gasteiger partial charge in [0.1, 0.15) is 23.2 Å². The zero-order chi connectivity index (χ0) is 20.5. The van der Waals surface area contributed by atoms with Crippen molar-refractivity contribution in [2.45, 2.75) is 19.5 Å². The first kappa shape index (κ1) is 19.5. The van der Waals surface area contributed by atoms with E-state index < -0.39 is 11.6 Å². The number of aromatic nitrogens is 2. The van der Waals surface area contributed by atoms with E-state index in [1.807, 2.05) is 4.90 Å². The summed E-state index contributed by atoms with van der Waals surface area (Å²) in [5.74, 6) is -0.732. The van der Waals surface area contributed by atoms with E-state index >= 15 is 0 Å². The van der Waals surface area contributed by atoms with Crippen molar-refractivity contribution in [2.24, 2.45) is 0 Å². The van der Waals surface area contributed by atoms with Crippen LogP contribution in [0, 0.1) is 11.6 Å². The Hall–Kier alpha value is -2.77. The molecule has 2 heterocycles. The Morgan fingerprint density at radius 2 is 1.90 bits per heavy atom. The lowest BCUT2D eigenvalue weighted by Crippen LogP contribution is -2.35. The second kappa shape index (κ2) is 7.93. The molecular formula is C21H18ClF2N3O2. The maximum atomic E-state index is 14.3. The minimum atomic E-state index is -0.669. The molecule has 3 aromatic rings. The summed E-state index contributed by atoms with van der Waals surface area (Å²) in [6, 6.07) is 9.35. The number of nitrogens with zero attached hydrogens (tertiary/aromatic N) is 2. The number of hydrogen-bond acceptors (Lipinski definition) is 4. The molecule has 1 N–H and O–H groups in total. The van der Waals surface area contributed by atoms with Gasteiger partial charge in [0.05, 0.1) is 18.4 Å². The van der Waals surface area contributed by atoms with E-state index in [2.05, 4.69) is 9.97 Å². The van der Waals surface area contributed by atoms with Crippen molar-refractivity contribution in [3.63, 3.8) is 0 Å². The van der Waals surface area contributed by atoms with Crippen LogP contribution in [0.3, 0.4) is 0 Å². The maximum absolute atomic E-state index is 14.3. The molecule has 0 radical (unpaired) electrons. The number of H-pyrrole nitrogens is 1. The Bertz CT molecular complexity index is 1090. The first-order valence-electron chi connectivity index (χ1n) is 9.07. The minimum Gasteiger partial charge on any atom is -0.497 e. The quantitative estimate of drug-likeness (QED) is 0.698. The van der Waals surface area contributed by atoms with E-state index in [1.165, 1.54) is 7.11 Å². The molecule has 1 aliphatic heterocycles. The van der Waals surface area contributed by atoms with E-state index in [0.717, 1.165) is 17.7 Å². The monoisotopic (exact) mass is 417 g/mol. The van der Waals surface area contributed by atoms with Crippen LogP contribution in [0.15, 0.2) is 41.2 Å². The van der Waals surface area contributed by atoms with Crippen molar-refractivity contribution in [2.75, 3.05) is 13.7 Å². The normalized spacial score (nSPS) is 13.9. The number of aromatic amines is 1. The van der Waals surface area contributed by atoms with Crippen LogP contribution in [-0.4, -0.2) is 28.5 Å². The Morgan fingerprint density at radius 1 is 1.21 bits per heavy atom. The van der Waals surface area contributed by atoms with Crippen molar-refractivity contribution in [1.82, 2.24) is 14.9 Å². The average Bonchev–Trinajstić information content (AvgIpc) is 2.71. The highest BCUT2D eigenvalue weighted by atomic mass is 35.5. The number of benzene rings is 2. The zero-order valence-electron chi connectivity index (χ0n) is 15.6. The number of hydrogen-bond donors (Lipinski definition) is 1. The molecule has 0 bridgehead atoms. The van der Waals surface area contributed by atoms with Crippen molar-refractivity contribution < 1.29 is 13.5 Å². The van der Waals surface area contributed by atoms with Crippen LogP contribution < -0.4 is 10.3 Å². The average molecular weight is 418 g/mol. The van der Waals surface area contributed by atoms with Gasteiger partial charge in [0, 0.05) is 54.3 Å². The molecule has 1 aliphatic rings. The van der Waals surface area contributed by atoms with Gasteiger partial charge < -0.3 is 9.72 Å². The second-order valence-corrected chi connectivity index (χ2v) is 7.31. The van der Waals surface area contributed by atoms with Gasteiger partial charge in [-0.05, 0) is 24.3 Å². The molecule has 8 heteroatoms. The van der Waals surface area contributed by atoms with Crippen LogP contribution in [0.25, 0.3) is 11.4 Å². The van der Waals surface area contributed by atoms with Gasteiger partial charge in [-0.2, -0.15) is 0 Å². The van der Waals surface area contributed by atoms with Crippen molar-refractivity contribution in [3.05, 3.63) is 80.2 Å². The molecule has 1 aromatic heterocycles. The summed E-state index contributed by atoms with van der Waals surface area (Å²) in [6.07, 6.45) is 0.513. The Balaban J connectivity index is 1.58. The van der Waals surface area contributed by atoms with Gasteiger partial charge in [-0.15, -0.1) is 0 Å². The Kier molecular flexibility index (Phi) is 5.34. The summed E-state index contributed by atoms with van der Waals surface area (Å²) in [5.41, 5.74) is 1.68. The number of halogens is 3. The molecule has 0 aliphatic carbocycles. The lowest BCUT2D eigenvalue weighted by Gasteiger charge is -2.28. The summed E-state index contributed by atoms with van der Waals surface area (Å²) < 4.78 is 33.4. The molecule has 150 valence electrons. The third-order valence-electron chi connectivity index (χ3n) is 5.00. The molecule has 0 amide bonds. The predicted molar refractivity (Wildman–Crippen MR) is 106 cm³/mol. The highest BCUT2D eigenvalue weighted by Gasteiger charge is 2.24. The SMILES string of the molecule is COc1cc(F)c(CN2CCc3nc(-c4ccc(Cl)cc4)[nH]c(=O)c3C2)c(F)c1. The highest BCUT2D eigenvalue weighted by Crippen LogP contribution is 2.25. The lowest BCUT2D eigenvalue weighted by molar-refractivity contribution is 0.234. The van der Waals surface area contributed by atoms with Gasteiger partial charge in [-0.1, -0.05) is 11.6 Å². The molecule has 0 saturated carbocycles. The molecular weight excluding hydrogens is 400 g/mol. The van der Waals surface area contributed by atoms with Crippen molar-refractivity contribution >= 4 is 11.6 Å². The molecule has 0 unspecified atom stereocenters. The summed E-state index contributed by atoms with van der Waals surface area (Å²) in [5, 5.41) is 0.600. The smallest absolute Gasteiger partial charge is 0.255 e. The largest absolute Gasteiger partial charge is 0.497 e. The number of rotatable bonds is 4. The van der Waals surface area contributed by atoms with E-state index in [-0.39, 0.29) is 30.0 Å². The number of methoxy groups -OCH3 is 1. The fraction of sp³-hybridized carbons (Fsp3) is 0.238. The molecule has 0 saturated heterocycles. The van der Waals surface area contributed by atoms with Gasteiger partial charge in [0.2, 0.25) is 0 Å². The van der Waals surface area contributed by atoms with Crippen LogP contribution in [0.5, 0.6) is 5.75 Å². The first-order valence-corrected chi connectivity index (χ1v) is 9.44. The standard InChI is InChI=1S/C21H18ClF2N3O2/c1-29-14-8-17(23)15(18(24)9-14)10-27-7-6-19-16(11-27)21(28)26-20(25-19)12-2-4-13(22)5-3-12/h2-5,8-9H,6-7,10-11H2,1H3,(H,25,26,28). The van der Waals surface area contributed by atoms with Crippen LogP contribution in [0.1, 0.15) is 16.8 Å². The van der Waals surface area contributed by atoms with Gasteiger partial charge in [0.25, 0.3) is 5.56 Å². The van der Waals surface area contributed by atoms with Crippen LogP contribution in [0.2, 0.25) is 5.02 Å². The van der Waals surface area contributed by atoms with Crippen LogP contribution >= 0.6 is 11.6 Å². The summed E-state index contributed by atoms with van der Waals surface area (Å²) in [4.78, 5) is 21.8. The van der Waals surface area contributed by atoms with E-state index in [4.69, 9.17) is 16.3 Å². The first-order chi connectivity index (χ1) is 13.9. The van der Waals surface area contributed by atoms with E-state index in [0.29, 0.717) is 35.1 Å². The molecule has 29 heavy (non-hydrogen) atoms. The van der Waals surface area contributed by atoms with Crippen LogP contribution in [-0.2, 0) is 19.5 Å². The van der Waals surface area contributed by atoms with Gasteiger partial charge in [0.15, 0.2) is 0 Å². The molecule has 5 nitrogen and oxygen atoms in total. The van der Waals surface area contributed by atoms with E-state index in [9.17, 15) is 13.6 Å². The van der Waals surface area contributed by atoms with Gasteiger partial charge >= 0.3 is 0 Å². The topological polar surface area (TPSA) is 58.2 Å². The molecule has 2 aromatic carbocycles. The summed E-state index contributed by atoms with van der Waals surface area (Å²) >= 11 is 5.91.